The normalized spacial score (nSPS) is 9.86. The maximum atomic E-state index is 11.2. The van der Waals surface area contributed by atoms with E-state index in [9.17, 15) is 42.3 Å². The smallest absolute Gasteiger partial charge is 0.545 e. The van der Waals surface area contributed by atoms with Crippen LogP contribution in [0.1, 0.15) is 67.1 Å². The summed E-state index contributed by atoms with van der Waals surface area (Å²) < 4.78 is 34.8. The molecule has 0 atom stereocenters. The maximum Gasteiger partial charge on any atom is 1.00 e. The molecule has 0 amide bonds. The van der Waals surface area contributed by atoms with Gasteiger partial charge in [0, 0.05) is 12.8 Å². The van der Waals surface area contributed by atoms with Crippen LogP contribution in [0.15, 0.2) is 47.4 Å². The largest absolute Gasteiger partial charge is 1.00 e. The number of carboxylic acids is 5. The fourth-order valence-corrected chi connectivity index (χ4v) is 3.06. The van der Waals surface area contributed by atoms with Crippen molar-refractivity contribution < 1.29 is 107 Å². The van der Waals surface area contributed by atoms with Crippen molar-refractivity contribution in [3.05, 3.63) is 64.7 Å². The number of hydrogen-bond acceptors (Lipinski definition) is 11. The number of unbranched alkanes of at least 4 members (excludes halogenated alkanes) is 1. The van der Waals surface area contributed by atoms with Crippen molar-refractivity contribution in [3.63, 3.8) is 0 Å². The van der Waals surface area contributed by atoms with Crippen molar-refractivity contribution in [2.24, 2.45) is 0 Å². The quantitative estimate of drug-likeness (QED) is 0.0603. The number of benzene rings is 2. The van der Waals surface area contributed by atoms with Crippen LogP contribution in [0.3, 0.4) is 0 Å². The summed E-state index contributed by atoms with van der Waals surface area (Å²) in [6, 6.07) is 7.34. The molecule has 224 valence electrons. The van der Waals surface area contributed by atoms with E-state index in [1.54, 1.807) is 0 Å². The first kappa shape index (κ1) is 40.3. The maximum absolute atomic E-state index is 11.2. The zero-order valence-corrected chi connectivity index (χ0v) is 24.8. The number of aromatic carboxylic acids is 3. The minimum Gasteiger partial charge on any atom is -0.545 e. The predicted octanol–water partition coefficient (Wildman–Crippen LogP) is -2.75. The number of carboxylic acid groups (broad SMARTS) is 5. The zero-order valence-electron chi connectivity index (χ0n) is 22.0. The molecular weight excluding hydrogens is 599 g/mol. The fourth-order valence-electron chi connectivity index (χ4n) is 2.51. The van der Waals surface area contributed by atoms with Crippen molar-refractivity contribution in [1.82, 2.24) is 0 Å². The van der Waals surface area contributed by atoms with Crippen molar-refractivity contribution in [1.29, 1.82) is 0 Å². The van der Waals surface area contributed by atoms with E-state index in [4.69, 9.17) is 30.1 Å². The van der Waals surface area contributed by atoms with Gasteiger partial charge in [0.05, 0.1) is 34.2 Å². The van der Waals surface area contributed by atoms with E-state index >= 15 is 0 Å². The molecule has 0 spiro atoms. The third-order valence-electron chi connectivity index (χ3n) is 4.41. The van der Waals surface area contributed by atoms with Gasteiger partial charge in [-0.2, -0.15) is 8.42 Å². The van der Waals surface area contributed by atoms with E-state index < -0.39 is 62.0 Å². The van der Waals surface area contributed by atoms with Crippen LogP contribution in [-0.4, -0.2) is 87.5 Å². The second kappa shape index (κ2) is 20.1. The van der Waals surface area contributed by atoms with Crippen LogP contribution in [0.2, 0.25) is 0 Å². The van der Waals surface area contributed by atoms with Gasteiger partial charge in [-0.15, -0.1) is 0 Å². The minimum absolute atomic E-state index is 0. The number of aliphatic carboxylic acids is 2. The molecule has 0 unspecified atom stereocenters. The predicted molar refractivity (Wildman–Crippen MR) is 132 cm³/mol. The van der Waals surface area contributed by atoms with Gasteiger partial charge in [0.15, 0.2) is 0 Å². The number of carbonyl (C=O) groups is 6. The third-order valence-corrected chi connectivity index (χ3v) is 5.24. The Kier molecular flexibility index (Phi) is 19.3. The number of aliphatic hydroxyl groups excluding tert-OH is 1. The molecule has 0 fully saturated rings. The van der Waals surface area contributed by atoms with E-state index in [2.05, 4.69) is 4.74 Å². The van der Waals surface area contributed by atoms with Crippen LogP contribution in [0.25, 0.3) is 0 Å². The van der Waals surface area contributed by atoms with Gasteiger partial charge in [-0.3, -0.25) is 14.1 Å². The molecule has 2 rings (SSSR count). The Bertz CT molecular complexity index is 1300. The Hall–Kier alpha value is -3.87. The number of aliphatic hydroxyl groups is 1. The second-order valence-electron chi connectivity index (χ2n) is 7.55. The number of esters is 1. The molecule has 2 aromatic carbocycles. The number of hydrogen-bond donors (Lipinski definition) is 6. The van der Waals surface area contributed by atoms with E-state index in [0.29, 0.717) is 25.0 Å². The van der Waals surface area contributed by atoms with Crippen molar-refractivity contribution in [2.75, 3.05) is 13.2 Å². The van der Waals surface area contributed by atoms with E-state index in [-0.39, 0.29) is 66.7 Å². The molecule has 6 N–H and O–H groups in total. The molecular formula is C24H25NaO16S. The van der Waals surface area contributed by atoms with Crippen molar-refractivity contribution in [2.45, 2.75) is 30.6 Å². The average molecular weight is 625 g/mol. The number of carbonyl (C=O) groups excluding carboxylic acids is 2. The SMILES string of the molecule is O=C(O)CCCCC(=O)O.O=C(O)c1ccc(C(=O)OCCO)cc1.O=C([O-])c1cc(C(=O)O)cc(S(=O)(=O)O)c1.[Na+]. The van der Waals surface area contributed by atoms with Gasteiger partial charge < -0.3 is 40.2 Å². The summed E-state index contributed by atoms with van der Waals surface area (Å²) in [6.07, 6.45) is 1.02. The Morgan fingerprint density at radius 1 is 0.714 bits per heavy atom. The number of rotatable bonds is 12. The third kappa shape index (κ3) is 17.1. The summed E-state index contributed by atoms with van der Waals surface area (Å²) in [7, 11) is -4.67. The van der Waals surface area contributed by atoms with Crippen LogP contribution in [-0.2, 0) is 24.4 Å². The average Bonchev–Trinajstić information content (AvgIpc) is 2.89. The molecule has 2 aromatic rings. The first-order valence-corrected chi connectivity index (χ1v) is 12.6. The molecule has 0 radical (unpaired) electrons. The molecule has 18 heteroatoms. The van der Waals surface area contributed by atoms with Gasteiger partial charge >= 0.3 is 59.4 Å². The molecule has 0 saturated carbocycles. The summed E-state index contributed by atoms with van der Waals surface area (Å²) in [4.78, 5) is 61.7. The first-order valence-electron chi connectivity index (χ1n) is 11.1. The topological polar surface area (TPSA) is 290 Å². The van der Waals surface area contributed by atoms with E-state index in [1.807, 2.05) is 0 Å². The van der Waals surface area contributed by atoms with Gasteiger partial charge in [-0.05, 0) is 60.9 Å². The van der Waals surface area contributed by atoms with Crippen LogP contribution in [0.5, 0.6) is 0 Å². The molecule has 0 aliphatic rings. The molecule has 0 bridgehead atoms. The summed E-state index contributed by atoms with van der Waals surface area (Å²) in [5, 5.41) is 52.4. The molecule has 0 aliphatic heterocycles. The molecule has 42 heavy (non-hydrogen) atoms. The molecule has 0 saturated heterocycles. The summed E-state index contributed by atoms with van der Waals surface area (Å²) >= 11 is 0. The summed E-state index contributed by atoms with van der Waals surface area (Å²) in [6.45, 7) is -0.307. The van der Waals surface area contributed by atoms with Crippen LogP contribution >= 0.6 is 0 Å². The van der Waals surface area contributed by atoms with Gasteiger partial charge in [0.25, 0.3) is 10.1 Å². The monoisotopic (exact) mass is 624 g/mol. The van der Waals surface area contributed by atoms with Crippen LogP contribution in [0, 0.1) is 0 Å². The van der Waals surface area contributed by atoms with Crippen molar-refractivity contribution in [3.8, 4) is 0 Å². The molecule has 0 heterocycles. The Morgan fingerprint density at radius 3 is 1.50 bits per heavy atom. The standard InChI is InChI=1S/C10H10O5.C8H6O7S.C6H10O4.Na/c11-5-6-15-10(14)8-3-1-7(2-4-8)9(12)13;9-7(10)4-1-5(8(11)12)3-6(2-4)16(13,14)15;7-5(8)3-1-2-4-6(9)10;/h1-4,11H,5-6H2,(H,12,13);1-3H,(H,9,10)(H,11,12)(H,13,14,15);1-4H2,(H,7,8)(H,9,10);/q;;;+1/p-1. The molecule has 0 aromatic heterocycles. The Balaban J connectivity index is 0. The van der Waals surface area contributed by atoms with Gasteiger partial charge in [0.1, 0.15) is 6.61 Å². The Labute approximate surface area is 260 Å². The van der Waals surface area contributed by atoms with Gasteiger partial charge in [-0.25, -0.2) is 14.4 Å². The molecule has 0 aliphatic carbocycles. The number of ether oxygens (including phenoxy) is 1. The second-order valence-corrected chi connectivity index (χ2v) is 8.97. The van der Waals surface area contributed by atoms with Gasteiger partial charge in [0.2, 0.25) is 0 Å². The van der Waals surface area contributed by atoms with Crippen LogP contribution in [0.4, 0.5) is 0 Å². The zero-order chi connectivity index (χ0) is 31.8. The fraction of sp³-hybridized carbons (Fsp3) is 0.250. The summed E-state index contributed by atoms with van der Waals surface area (Å²) in [5.74, 6) is -6.64. The Morgan fingerprint density at radius 2 is 1.14 bits per heavy atom. The van der Waals surface area contributed by atoms with E-state index in [1.165, 1.54) is 24.3 Å². The first-order chi connectivity index (χ1) is 19.0. The van der Waals surface area contributed by atoms with Gasteiger partial charge in [-0.1, -0.05) is 0 Å². The molecule has 16 nitrogen and oxygen atoms in total. The van der Waals surface area contributed by atoms with Crippen LogP contribution < -0.4 is 34.7 Å². The summed E-state index contributed by atoms with van der Waals surface area (Å²) in [5.41, 5.74) is -0.857. The van der Waals surface area contributed by atoms with Crippen molar-refractivity contribution >= 4 is 45.9 Å². The van der Waals surface area contributed by atoms with E-state index in [0.717, 1.165) is 6.07 Å². The minimum atomic E-state index is -4.67.